The van der Waals surface area contributed by atoms with Crippen LogP contribution in [0.4, 0.5) is 0 Å². The van der Waals surface area contributed by atoms with Crippen molar-refractivity contribution in [2.45, 2.75) is 230 Å². The molecular weight excluding hydrogens is 813 g/mol. The molecular formula is C49H86O12S. The Hall–Kier alpha value is -2.39. The van der Waals surface area contributed by atoms with E-state index >= 15 is 0 Å². The van der Waals surface area contributed by atoms with Crippen molar-refractivity contribution in [3.8, 4) is 0 Å². The summed E-state index contributed by atoms with van der Waals surface area (Å²) in [5, 5.41) is 30.9. The summed E-state index contributed by atoms with van der Waals surface area (Å²) in [5.74, 6) is -2.06. The van der Waals surface area contributed by atoms with Crippen LogP contribution in [0.15, 0.2) is 48.6 Å². The van der Waals surface area contributed by atoms with E-state index in [4.69, 9.17) is 18.9 Å². The fraction of sp³-hybridized carbons (Fsp3) is 0.796. The maximum atomic E-state index is 12.8. The summed E-state index contributed by atoms with van der Waals surface area (Å²) >= 11 is 0. The van der Waals surface area contributed by atoms with Crippen LogP contribution in [0.25, 0.3) is 0 Å². The molecule has 1 aliphatic heterocycles. The van der Waals surface area contributed by atoms with Gasteiger partial charge in [0, 0.05) is 12.8 Å². The van der Waals surface area contributed by atoms with E-state index in [-0.39, 0.29) is 19.4 Å². The maximum absolute atomic E-state index is 12.8. The summed E-state index contributed by atoms with van der Waals surface area (Å²) < 4.78 is 54.1. The van der Waals surface area contributed by atoms with Crippen molar-refractivity contribution in [3.05, 3.63) is 48.6 Å². The molecule has 0 bridgehead atoms. The summed E-state index contributed by atoms with van der Waals surface area (Å²) in [6.07, 6.45) is 37.3. The molecule has 1 aliphatic rings. The first-order chi connectivity index (χ1) is 30.0. The van der Waals surface area contributed by atoms with E-state index in [0.717, 1.165) is 51.4 Å². The third-order valence-corrected chi connectivity index (χ3v) is 11.6. The molecule has 1 saturated heterocycles. The van der Waals surface area contributed by atoms with Crippen molar-refractivity contribution in [1.82, 2.24) is 0 Å². The number of rotatable bonds is 40. The molecule has 13 heteroatoms. The second-order valence-electron chi connectivity index (χ2n) is 16.8. The number of allylic oxidation sites excluding steroid dienone is 8. The molecule has 0 aromatic carbocycles. The van der Waals surface area contributed by atoms with Gasteiger partial charge in [0.1, 0.15) is 36.8 Å². The standard InChI is InChI=1S/C49H86O12S/c1-3-5-7-9-11-13-15-17-19-21-23-25-27-29-31-33-35-37-44(50)58-39-42(40-59-49-48(54)47(53)46(52)43(61-49)41-62(55,56)57)60-45(51)38-36-34-32-30-28-26-24-22-20-18-16-14-12-10-8-6-4-2/h17-20,23,25,29,31,42-43,46-49,52-54H,3-16,21-22,24,26-28,30,32-41H2,1-2H3,(H,55,56,57)/b19-17+,20-18+,25-23+,31-29+/t42-,43-,46-,47?,48?,49+/m1/s1. The number of hydrogen-bond acceptors (Lipinski definition) is 11. The van der Waals surface area contributed by atoms with Crippen LogP contribution in [0.2, 0.25) is 0 Å². The largest absolute Gasteiger partial charge is 0.462 e. The predicted octanol–water partition coefficient (Wildman–Crippen LogP) is 10.3. The Labute approximate surface area is 375 Å². The highest BCUT2D eigenvalue weighted by molar-refractivity contribution is 7.85. The summed E-state index contributed by atoms with van der Waals surface area (Å²) in [4.78, 5) is 25.4. The zero-order valence-electron chi connectivity index (χ0n) is 38.5. The van der Waals surface area contributed by atoms with Crippen LogP contribution in [0.5, 0.6) is 0 Å². The van der Waals surface area contributed by atoms with E-state index in [2.05, 4.69) is 56.4 Å². The summed E-state index contributed by atoms with van der Waals surface area (Å²) in [5.41, 5.74) is 0. The van der Waals surface area contributed by atoms with Gasteiger partial charge in [0.2, 0.25) is 0 Å². The molecule has 4 N–H and O–H groups in total. The molecule has 62 heavy (non-hydrogen) atoms. The van der Waals surface area contributed by atoms with Gasteiger partial charge in [-0.25, -0.2) is 0 Å². The van der Waals surface area contributed by atoms with Gasteiger partial charge in [-0.15, -0.1) is 0 Å². The summed E-state index contributed by atoms with van der Waals surface area (Å²) in [6.45, 7) is 3.71. The minimum absolute atomic E-state index is 0.146. The van der Waals surface area contributed by atoms with E-state index in [0.29, 0.717) is 19.3 Å². The van der Waals surface area contributed by atoms with Crippen LogP contribution >= 0.6 is 0 Å². The highest BCUT2D eigenvalue weighted by Crippen LogP contribution is 2.24. The van der Waals surface area contributed by atoms with E-state index < -0.39 is 71.2 Å². The average molecular weight is 899 g/mol. The number of aliphatic hydroxyl groups excluding tert-OH is 3. The van der Waals surface area contributed by atoms with Crippen molar-refractivity contribution < 1.29 is 56.8 Å². The lowest BCUT2D eigenvalue weighted by atomic mass is 10.00. The zero-order valence-corrected chi connectivity index (χ0v) is 39.3. The fourth-order valence-electron chi connectivity index (χ4n) is 7.10. The highest BCUT2D eigenvalue weighted by Gasteiger charge is 2.46. The van der Waals surface area contributed by atoms with E-state index in [9.17, 15) is 37.9 Å². The fourth-order valence-corrected chi connectivity index (χ4v) is 7.79. The number of aliphatic hydroxyl groups is 3. The van der Waals surface area contributed by atoms with Gasteiger partial charge >= 0.3 is 11.9 Å². The minimum Gasteiger partial charge on any atom is -0.462 e. The lowest BCUT2D eigenvalue weighted by molar-refractivity contribution is -0.297. The Bertz CT molecular complexity index is 1330. The molecule has 0 aromatic rings. The topological polar surface area (TPSA) is 186 Å². The zero-order chi connectivity index (χ0) is 45.5. The summed E-state index contributed by atoms with van der Waals surface area (Å²) in [7, 11) is -4.61. The number of carbonyl (C=O) groups is 2. The minimum atomic E-state index is -4.61. The monoisotopic (exact) mass is 899 g/mol. The van der Waals surface area contributed by atoms with Crippen molar-refractivity contribution in [1.29, 1.82) is 0 Å². The molecule has 1 heterocycles. The highest BCUT2D eigenvalue weighted by atomic mass is 32.2. The molecule has 360 valence electrons. The Kier molecular flexibility index (Phi) is 36.3. The number of hydrogen-bond donors (Lipinski definition) is 4. The third-order valence-electron chi connectivity index (χ3n) is 10.9. The first kappa shape index (κ1) is 57.6. The number of esters is 2. The van der Waals surface area contributed by atoms with Gasteiger partial charge in [-0.2, -0.15) is 8.42 Å². The molecule has 0 spiro atoms. The lowest BCUT2D eigenvalue weighted by Crippen LogP contribution is -2.60. The van der Waals surface area contributed by atoms with Crippen LogP contribution in [-0.4, -0.2) is 96.0 Å². The van der Waals surface area contributed by atoms with Gasteiger partial charge in [0.25, 0.3) is 10.1 Å². The first-order valence-corrected chi connectivity index (χ1v) is 25.8. The molecule has 6 atom stereocenters. The Balaban J connectivity index is 2.46. The Morgan fingerprint density at radius 1 is 0.548 bits per heavy atom. The smallest absolute Gasteiger partial charge is 0.306 e. The Morgan fingerprint density at radius 3 is 1.50 bits per heavy atom. The number of carbonyl (C=O) groups excluding carboxylic acids is 2. The third kappa shape index (κ3) is 33.2. The van der Waals surface area contributed by atoms with Gasteiger partial charge < -0.3 is 34.3 Å². The molecule has 12 nitrogen and oxygen atoms in total. The van der Waals surface area contributed by atoms with Crippen molar-refractivity contribution in [2.75, 3.05) is 19.0 Å². The molecule has 2 unspecified atom stereocenters. The van der Waals surface area contributed by atoms with Crippen LogP contribution in [-0.2, 0) is 38.7 Å². The van der Waals surface area contributed by atoms with Crippen LogP contribution in [0, 0.1) is 0 Å². The molecule has 0 amide bonds. The van der Waals surface area contributed by atoms with Gasteiger partial charge in [-0.05, 0) is 70.6 Å². The second kappa shape index (κ2) is 39.0. The van der Waals surface area contributed by atoms with Crippen molar-refractivity contribution in [3.63, 3.8) is 0 Å². The predicted molar refractivity (Wildman–Crippen MR) is 247 cm³/mol. The van der Waals surface area contributed by atoms with Crippen LogP contribution in [0.1, 0.15) is 194 Å². The van der Waals surface area contributed by atoms with Gasteiger partial charge in [0.05, 0.1) is 6.61 Å². The molecule has 0 aliphatic carbocycles. The van der Waals surface area contributed by atoms with Gasteiger partial charge in [-0.1, -0.05) is 159 Å². The summed E-state index contributed by atoms with van der Waals surface area (Å²) in [6, 6.07) is 0. The molecule has 0 saturated carbocycles. The molecule has 1 fully saturated rings. The Morgan fingerprint density at radius 2 is 0.984 bits per heavy atom. The van der Waals surface area contributed by atoms with E-state index in [1.165, 1.54) is 96.3 Å². The quantitative estimate of drug-likeness (QED) is 0.0198. The van der Waals surface area contributed by atoms with Crippen LogP contribution < -0.4 is 0 Å². The maximum Gasteiger partial charge on any atom is 0.306 e. The molecule has 0 radical (unpaired) electrons. The lowest BCUT2D eigenvalue weighted by Gasteiger charge is -2.40. The van der Waals surface area contributed by atoms with Crippen molar-refractivity contribution in [2.24, 2.45) is 0 Å². The number of unbranched alkanes of at least 4 members (excludes halogenated alkanes) is 20. The van der Waals surface area contributed by atoms with Crippen LogP contribution in [0.3, 0.4) is 0 Å². The second-order valence-corrected chi connectivity index (χ2v) is 18.3. The number of ether oxygens (including phenoxy) is 4. The van der Waals surface area contributed by atoms with Crippen molar-refractivity contribution >= 4 is 22.1 Å². The molecule has 1 rings (SSSR count). The normalized spacial score (nSPS) is 20.3. The van der Waals surface area contributed by atoms with Gasteiger partial charge in [-0.3, -0.25) is 14.1 Å². The SMILES string of the molecule is CCCCCCCC/C=C/C/C=C/C/C=C/CCCC(=O)OC[C@H](CO[C@H]1O[C@H](CS(=O)(=O)O)[C@@H](O)C(O)C1O)OC(=O)CCCCCCCCC/C=C/CCCCCCCC. The average Bonchev–Trinajstić information content (AvgIpc) is 3.24. The van der Waals surface area contributed by atoms with E-state index in [1.54, 1.807) is 0 Å². The van der Waals surface area contributed by atoms with E-state index in [1.807, 2.05) is 6.08 Å². The first-order valence-electron chi connectivity index (χ1n) is 24.2. The molecule has 0 aromatic heterocycles. The van der Waals surface area contributed by atoms with Gasteiger partial charge in [0.15, 0.2) is 12.4 Å².